The van der Waals surface area contributed by atoms with E-state index >= 15 is 0 Å². The first kappa shape index (κ1) is 14.5. The molecule has 108 valence electrons. The molecule has 0 spiro atoms. The minimum absolute atomic E-state index is 0.168. The van der Waals surface area contributed by atoms with E-state index in [-0.39, 0.29) is 18.9 Å². The minimum atomic E-state index is -0.879. The average molecular weight is 295 g/mol. The third-order valence-electron chi connectivity index (χ3n) is 3.13. The van der Waals surface area contributed by atoms with Crippen LogP contribution >= 0.6 is 11.3 Å². The molecule has 0 aliphatic heterocycles. The van der Waals surface area contributed by atoms with Crippen molar-refractivity contribution in [2.45, 2.75) is 26.7 Å². The van der Waals surface area contributed by atoms with Crippen molar-refractivity contribution in [3.05, 3.63) is 23.0 Å². The molecule has 0 aromatic carbocycles. The molecule has 7 heteroatoms. The van der Waals surface area contributed by atoms with Crippen LogP contribution in [-0.4, -0.2) is 32.9 Å². The summed E-state index contributed by atoms with van der Waals surface area (Å²) in [5.41, 5.74) is 1.78. The first-order valence-corrected chi connectivity index (χ1v) is 7.30. The number of hydrogen-bond donors (Lipinski definition) is 2. The Morgan fingerprint density at radius 1 is 1.55 bits per heavy atom. The number of imidazole rings is 1. The monoisotopic (exact) mass is 295 g/mol. The van der Waals surface area contributed by atoms with Crippen LogP contribution in [0.2, 0.25) is 0 Å². The fourth-order valence-electron chi connectivity index (χ4n) is 1.94. The minimum Gasteiger partial charge on any atom is -0.481 e. The van der Waals surface area contributed by atoms with Crippen molar-refractivity contribution >= 4 is 28.2 Å². The van der Waals surface area contributed by atoms with E-state index in [0.717, 1.165) is 16.3 Å². The van der Waals surface area contributed by atoms with Crippen molar-refractivity contribution < 1.29 is 14.7 Å². The van der Waals surface area contributed by atoms with Crippen LogP contribution in [-0.2, 0) is 16.0 Å². The highest BCUT2D eigenvalue weighted by Crippen LogP contribution is 2.16. The number of hydrogen-bond acceptors (Lipinski definition) is 4. The summed E-state index contributed by atoms with van der Waals surface area (Å²) in [5.74, 6) is -1.58. The topological polar surface area (TPSA) is 83.7 Å². The summed E-state index contributed by atoms with van der Waals surface area (Å²) >= 11 is 1.49. The van der Waals surface area contributed by atoms with Crippen LogP contribution in [0.4, 0.5) is 0 Å². The highest BCUT2D eigenvalue weighted by molar-refractivity contribution is 7.15. The number of nitrogens with one attached hydrogen (secondary N) is 1. The van der Waals surface area contributed by atoms with Gasteiger partial charge in [-0.1, -0.05) is 6.92 Å². The first-order chi connectivity index (χ1) is 9.51. The largest absolute Gasteiger partial charge is 0.481 e. The number of rotatable bonds is 6. The molecule has 20 heavy (non-hydrogen) atoms. The van der Waals surface area contributed by atoms with E-state index in [1.807, 2.05) is 22.9 Å². The molecule has 2 N–H and O–H groups in total. The molecule has 0 aliphatic carbocycles. The van der Waals surface area contributed by atoms with E-state index in [1.165, 1.54) is 11.3 Å². The molecular formula is C13H17N3O3S. The Morgan fingerprint density at radius 3 is 2.95 bits per heavy atom. The Hall–Kier alpha value is -1.89. The number of fused-ring (bicyclic) bond motifs is 1. The number of thiazole rings is 1. The van der Waals surface area contributed by atoms with Crippen LogP contribution in [0.25, 0.3) is 4.96 Å². The second-order valence-corrected chi connectivity index (χ2v) is 5.52. The molecule has 0 radical (unpaired) electrons. The summed E-state index contributed by atoms with van der Waals surface area (Å²) in [6.07, 6.45) is 2.62. The second-order valence-electron chi connectivity index (χ2n) is 4.69. The predicted octanol–water partition coefficient (Wildman–Crippen LogP) is 1.47. The van der Waals surface area contributed by atoms with E-state index in [4.69, 9.17) is 5.11 Å². The lowest BCUT2D eigenvalue weighted by Crippen LogP contribution is -2.33. The number of carbonyl (C=O) groups excluding carboxylic acids is 1. The maximum absolute atomic E-state index is 11.9. The van der Waals surface area contributed by atoms with Crippen molar-refractivity contribution in [2.75, 3.05) is 6.54 Å². The number of carboxylic acids is 1. The zero-order valence-corrected chi connectivity index (χ0v) is 12.2. The second kappa shape index (κ2) is 6.04. The summed E-state index contributed by atoms with van der Waals surface area (Å²) in [7, 11) is 0. The number of carboxylic acid groups (broad SMARTS) is 1. The van der Waals surface area contributed by atoms with Gasteiger partial charge in [0.05, 0.1) is 18.0 Å². The third kappa shape index (κ3) is 3.16. The molecule has 1 atom stereocenters. The van der Waals surface area contributed by atoms with Gasteiger partial charge < -0.3 is 10.4 Å². The molecular weight excluding hydrogens is 278 g/mol. The highest BCUT2D eigenvalue weighted by Gasteiger charge is 2.16. The highest BCUT2D eigenvalue weighted by atomic mass is 32.1. The van der Waals surface area contributed by atoms with Gasteiger partial charge in [0.2, 0.25) is 5.91 Å². The quantitative estimate of drug-likeness (QED) is 0.845. The normalized spacial score (nSPS) is 12.5. The van der Waals surface area contributed by atoms with Crippen LogP contribution in [0, 0.1) is 12.8 Å². The zero-order valence-electron chi connectivity index (χ0n) is 11.4. The lowest BCUT2D eigenvalue weighted by atomic mass is 10.1. The average Bonchev–Trinajstić information content (AvgIpc) is 2.90. The molecule has 2 aromatic rings. The molecule has 1 unspecified atom stereocenters. The zero-order chi connectivity index (χ0) is 14.7. The molecule has 6 nitrogen and oxygen atoms in total. The Labute approximate surface area is 120 Å². The third-order valence-corrected chi connectivity index (χ3v) is 4.02. The van der Waals surface area contributed by atoms with Crippen molar-refractivity contribution in [2.24, 2.45) is 5.92 Å². The van der Waals surface area contributed by atoms with Gasteiger partial charge in [0.1, 0.15) is 0 Å². The van der Waals surface area contributed by atoms with Gasteiger partial charge in [-0.3, -0.25) is 14.0 Å². The van der Waals surface area contributed by atoms with Gasteiger partial charge in [-0.05, 0) is 13.3 Å². The number of nitrogens with zero attached hydrogens (tertiary/aromatic N) is 2. The van der Waals surface area contributed by atoms with Gasteiger partial charge in [-0.15, -0.1) is 11.3 Å². The number of carbonyl (C=O) groups is 2. The molecule has 2 rings (SSSR count). The Balaban J connectivity index is 1.96. The summed E-state index contributed by atoms with van der Waals surface area (Å²) in [4.78, 5) is 27.9. The van der Waals surface area contributed by atoms with E-state index in [2.05, 4.69) is 10.3 Å². The van der Waals surface area contributed by atoms with Crippen LogP contribution in [0.3, 0.4) is 0 Å². The molecule has 0 aliphatic rings. The first-order valence-electron chi connectivity index (χ1n) is 6.42. The van der Waals surface area contributed by atoms with Crippen molar-refractivity contribution in [3.8, 4) is 0 Å². The van der Waals surface area contributed by atoms with Gasteiger partial charge in [0.15, 0.2) is 4.96 Å². The van der Waals surface area contributed by atoms with E-state index < -0.39 is 11.9 Å². The molecule has 2 heterocycles. The lowest BCUT2D eigenvalue weighted by molar-refractivity contribution is -0.141. The van der Waals surface area contributed by atoms with Crippen LogP contribution in [0.1, 0.15) is 24.7 Å². The summed E-state index contributed by atoms with van der Waals surface area (Å²) in [5, 5.41) is 13.5. The molecule has 0 saturated heterocycles. The lowest BCUT2D eigenvalue weighted by Gasteiger charge is -2.10. The number of aryl methyl sites for hydroxylation is 1. The standard InChI is InChI=1S/C13H17N3O3S/c1-3-9(12(18)19)5-14-11(17)4-10-7-20-13-15-8(2)6-16(10)13/h6-7,9H,3-5H2,1-2H3,(H,14,17)(H,18,19). The smallest absolute Gasteiger partial charge is 0.308 e. The van der Waals surface area contributed by atoms with Crippen molar-refractivity contribution in [1.29, 1.82) is 0 Å². The molecule has 2 aromatic heterocycles. The van der Waals surface area contributed by atoms with Gasteiger partial charge in [-0.25, -0.2) is 4.98 Å². The Bertz CT molecular complexity index is 632. The summed E-state index contributed by atoms with van der Waals surface area (Å²) in [6.45, 7) is 3.87. The Morgan fingerprint density at radius 2 is 2.30 bits per heavy atom. The maximum Gasteiger partial charge on any atom is 0.308 e. The molecule has 0 fully saturated rings. The maximum atomic E-state index is 11.9. The molecule has 0 bridgehead atoms. The van der Waals surface area contributed by atoms with Gasteiger partial charge >= 0.3 is 5.97 Å². The van der Waals surface area contributed by atoms with Gasteiger partial charge in [0, 0.05) is 23.8 Å². The number of aliphatic carboxylic acids is 1. The molecule has 1 amide bonds. The fourth-order valence-corrected chi connectivity index (χ4v) is 2.86. The van der Waals surface area contributed by atoms with Crippen LogP contribution in [0.15, 0.2) is 11.6 Å². The van der Waals surface area contributed by atoms with Crippen LogP contribution in [0.5, 0.6) is 0 Å². The van der Waals surface area contributed by atoms with E-state index in [0.29, 0.717) is 6.42 Å². The fraction of sp³-hybridized carbons (Fsp3) is 0.462. The van der Waals surface area contributed by atoms with Crippen molar-refractivity contribution in [1.82, 2.24) is 14.7 Å². The van der Waals surface area contributed by atoms with Gasteiger partial charge in [-0.2, -0.15) is 0 Å². The van der Waals surface area contributed by atoms with Crippen molar-refractivity contribution in [3.63, 3.8) is 0 Å². The van der Waals surface area contributed by atoms with Crippen LogP contribution < -0.4 is 5.32 Å². The van der Waals surface area contributed by atoms with Gasteiger partial charge in [0.25, 0.3) is 0 Å². The summed E-state index contributed by atoms with van der Waals surface area (Å²) in [6, 6.07) is 0. The summed E-state index contributed by atoms with van der Waals surface area (Å²) < 4.78 is 1.90. The molecule has 0 saturated carbocycles. The van der Waals surface area contributed by atoms with E-state index in [1.54, 1.807) is 6.92 Å². The predicted molar refractivity (Wildman–Crippen MR) is 75.9 cm³/mol. The number of aromatic nitrogens is 2. The number of amides is 1. The SMILES string of the molecule is CCC(CNC(=O)Cc1csc2nc(C)cn12)C(=O)O. The van der Waals surface area contributed by atoms with E-state index in [9.17, 15) is 9.59 Å². The Kier molecular flexibility index (Phi) is 4.39.